The number of hydrogen-bond donors (Lipinski definition) is 1. The van der Waals surface area contributed by atoms with Gasteiger partial charge in [-0.05, 0) is 25.8 Å². The van der Waals surface area contributed by atoms with Gasteiger partial charge in [0.2, 0.25) is 11.8 Å². The summed E-state index contributed by atoms with van der Waals surface area (Å²) in [7, 11) is 0. The molecule has 2 aromatic rings. The van der Waals surface area contributed by atoms with Crippen molar-refractivity contribution in [3.05, 3.63) is 47.7 Å². The van der Waals surface area contributed by atoms with Crippen LogP contribution in [0.15, 0.2) is 36.5 Å². The van der Waals surface area contributed by atoms with E-state index in [1.54, 1.807) is 33.6 Å². The molecule has 0 unspecified atom stereocenters. The van der Waals surface area contributed by atoms with E-state index in [1.165, 1.54) is 5.56 Å². The number of rotatable bonds is 4. The van der Waals surface area contributed by atoms with Crippen molar-refractivity contribution in [2.45, 2.75) is 44.1 Å². The molecular weight excluding hydrogens is 348 g/mol. The van der Waals surface area contributed by atoms with Crippen LogP contribution in [0.1, 0.15) is 30.9 Å². The molecule has 2 amide bonds. The lowest BCUT2D eigenvalue weighted by Gasteiger charge is -2.29. The van der Waals surface area contributed by atoms with Crippen molar-refractivity contribution in [2.75, 3.05) is 11.1 Å². The zero-order valence-electron chi connectivity index (χ0n) is 14.9. The molecular formula is C19H22N4O2S. The molecule has 2 saturated heterocycles. The minimum Gasteiger partial charge on any atom is -0.315 e. The largest absolute Gasteiger partial charge is 0.315 e. The van der Waals surface area contributed by atoms with E-state index in [0.717, 1.165) is 12.0 Å². The Hall–Kier alpha value is -2.28. The second-order valence-electron chi connectivity index (χ2n) is 7.12. The number of nitrogens with one attached hydrogen (secondary N) is 1. The summed E-state index contributed by atoms with van der Waals surface area (Å²) in [6.45, 7) is 4.69. The molecule has 2 aliphatic heterocycles. The number of carbonyl (C=O) groups is 2. The number of fused-ring (bicyclic) bond motifs is 1. The molecule has 1 aromatic carbocycles. The van der Waals surface area contributed by atoms with Gasteiger partial charge in [0.15, 0.2) is 0 Å². The van der Waals surface area contributed by atoms with Gasteiger partial charge in [-0.3, -0.25) is 9.59 Å². The lowest BCUT2D eigenvalue weighted by atomic mass is 10.1. The zero-order chi connectivity index (χ0) is 18.3. The van der Waals surface area contributed by atoms with Crippen molar-refractivity contribution in [3.8, 4) is 0 Å². The van der Waals surface area contributed by atoms with Gasteiger partial charge in [-0.1, -0.05) is 29.8 Å². The molecule has 3 heterocycles. The van der Waals surface area contributed by atoms with Crippen LogP contribution >= 0.6 is 11.8 Å². The van der Waals surface area contributed by atoms with E-state index in [2.05, 4.69) is 36.4 Å². The van der Waals surface area contributed by atoms with E-state index < -0.39 is 6.04 Å². The number of nitrogens with zero attached hydrogens (tertiary/aromatic N) is 3. The summed E-state index contributed by atoms with van der Waals surface area (Å²) in [4.78, 5) is 26.6. The molecule has 6 nitrogen and oxygen atoms in total. The number of benzene rings is 1. The normalized spacial score (nSPS) is 24.8. The van der Waals surface area contributed by atoms with Gasteiger partial charge in [0.25, 0.3) is 0 Å². The highest BCUT2D eigenvalue weighted by molar-refractivity contribution is 8.01. The molecule has 7 heteroatoms. The SMILES string of the molecule is Cc1cccc(Cn2nccc2NC(=O)[C@H]2CS[C@]3(C)CCC(=O)N23)c1. The molecule has 1 aromatic heterocycles. The molecule has 1 N–H and O–H groups in total. The van der Waals surface area contributed by atoms with Crippen molar-refractivity contribution >= 4 is 29.4 Å². The maximum atomic E-state index is 12.8. The van der Waals surface area contributed by atoms with Gasteiger partial charge >= 0.3 is 0 Å². The molecule has 4 rings (SSSR count). The van der Waals surface area contributed by atoms with E-state index in [0.29, 0.717) is 24.5 Å². The van der Waals surface area contributed by atoms with Crippen molar-refractivity contribution in [1.82, 2.24) is 14.7 Å². The summed E-state index contributed by atoms with van der Waals surface area (Å²) in [6.07, 6.45) is 3.02. The fourth-order valence-corrected chi connectivity index (χ4v) is 5.20. The maximum Gasteiger partial charge on any atom is 0.249 e. The van der Waals surface area contributed by atoms with Gasteiger partial charge in [0, 0.05) is 18.2 Å². The molecule has 136 valence electrons. The lowest BCUT2D eigenvalue weighted by Crippen LogP contribution is -2.48. The maximum absolute atomic E-state index is 12.8. The number of anilines is 1. The second-order valence-corrected chi connectivity index (χ2v) is 8.62. The fraction of sp³-hybridized carbons (Fsp3) is 0.421. The third kappa shape index (κ3) is 3.00. The molecule has 0 saturated carbocycles. The van der Waals surface area contributed by atoms with Gasteiger partial charge < -0.3 is 10.2 Å². The minimum absolute atomic E-state index is 0.0749. The second kappa shape index (κ2) is 6.46. The van der Waals surface area contributed by atoms with Crippen molar-refractivity contribution in [1.29, 1.82) is 0 Å². The van der Waals surface area contributed by atoms with E-state index in [4.69, 9.17) is 0 Å². The quantitative estimate of drug-likeness (QED) is 0.898. The predicted molar refractivity (Wildman–Crippen MR) is 102 cm³/mol. The number of aryl methyl sites for hydroxylation is 1. The Labute approximate surface area is 156 Å². The fourth-order valence-electron chi connectivity index (χ4n) is 3.77. The molecule has 2 atom stereocenters. The topological polar surface area (TPSA) is 67.2 Å². The van der Waals surface area contributed by atoms with Gasteiger partial charge in [-0.15, -0.1) is 11.8 Å². The first-order valence-corrected chi connectivity index (χ1v) is 9.79. The van der Waals surface area contributed by atoms with Gasteiger partial charge in [-0.2, -0.15) is 5.10 Å². The monoisotopic (exact) mass is 370 g/mol. The number of thioether (sulfide) groups is 1. The molecule has 0 radical (unpaired) electrons. The van der Waals surface area contributed by atoms with E-state index in [9.17, 15) is 9.59 Å². The number of amides is 2. The van der Waals surface area contributed by atoms with Gasteiger partial charge in [0.05, 0.1) is 17.6 Å². The highest BCUT2D eigenvalue weighted by Crippen LogP contribution is 2.47. The Morgan fingerprint density at radius 1 is 1.42 bits per heavy atom. The van der Waals surface area contributed by atoms with Crippen LogP contribution in [-0.4, -0.2) is 43.2 Å². The summed E-state index contributed by atoms with van der Waals surface area (Å²) in [6, 6.07) is 9.60. The van der Waals surface area contributed by atoms with Gasteiger partial charge in [0.1, 0.15) is 11.9 Å². The van der Waals surface area contributed by atoms with Crippen LogP contribution in [0.2, 0.25) is 0 Å². The van der Waals surface area contributed by atoms with Crippen molar-refractivity contribution < 1.29 is 9.59 Å². The Balaban J connectivity index is 1.49. The van der Waals surface area contributed by atoms with Crippen LogP contribution in [0.3, 0.4) is 0 Å². The Bertz CT molecular complexity index is 865. The highest BCUT2D eigenvalue weighted by atomic mass is 32.2. The summed E-state index contributed by atoms with van der Waals surface area (Å²) < 4.78 is 1.78. The number of aromatic nitrogens is 2. The van der Waals surface area contributed by atoms with Crippen LogP contribution in [0.25, 0.3) is 0 Å². The Morgan fingerprint density at radius 2 is 2.27 bits per heavy atom. The van der Waals surface area contributed by atoms with Crippen molar-refractivity contribution in [3.63, 3.8) is 0 Å². The molecule has 2 fully saturated rings. The van der Waals surface area contributed by atoms with Crippen LogP contribution in [-0.2, 0) is 16.1 Å². The smallest absolute Gasteiger partial charge is 0.249 e. The van der Waals surface area contributed by atoms with Crippen molar-refractivity contribution in [2.24, 2.45) is 0 Å². The third-order valence-electron chi connectivity index (χ3n) is 5.13. The standard InChI is InChI=1S/C19H22N4O2S/c1-13-4-3-5-14(10-13)11-22-16(7-9-20-22)21-18(25)15-12-26-19(2)8-6-17(24)23(15)19/h3-5,7,9-10,15H,6,8,11-12H2,1-2H3,(H,21,25)/t15-,19-/m1/s1. The minimum atomic E-state index is -0.415. The number of carbonyl (C=O) groups excluding carboxylic acids is 2. The molecule has 26 heavy (non-hydrogen) atoms. The zero-order valence-corrected chi connectivity index (χ0v) is 15.8. The van der Waals surface area contributed by atoms with E-state index >= 15 is 0 Å². The van der Waals surface area contributed by atoms with Gasteiger partial charge in [-0.25, -0.2) is 4.68 Å². The predicted octanol–water partition coefficient (Wildman–Crippen LogP) is 2.63. The molecule has 2 aliphatic rings. The van der Waals surface area contributed by atoms with E-state index in [-0.39, 0.29) is 16.7 Å². The van der Waals surface area contributed by atoms with Crippen LogP contribution in [0, 0.1) is 6.92 Å². The summed E-state index contributed by atoms with van der Waals surface area (Å²) in [5, 5.41) is 7.30. The first kappa shape index (κ1) is 17.1. The van der Waals surface area contributed by atoms with Crippen LogP contribution < -0.4 is 5.32 Å². The lowest BCUT2D eigenvalue weighted by molar-refractivity contribution is -0.135. The van der Waals surface area contributed by atoms with Crippen LogP contribution in [0.4, 0.5) is 5.82 Å². The average molecular weight is 370 g/mol. The summed E-state index contributed by atoms with van der Waals surface area (Å²) >= 11 is 1.70. The first-order chi connectivity index (χ1) is 12.5. The molecule has 0 aliphatic carbocycles. The first-order valence-electron chi connectivity index (χ1n) is 8.81. The summed E-state index contributed by atoms with van der Waals surface area (Å²) in [5.74, 6) is 1.23. The average Bonchev–Trinajstić information content (AvgIpc) is 3.25. The van der Waals surface area contributed by atoms with Crippen LogP contribution in [0.5, 0.6) is 0 Å². The third-order valence-corrected chi connectivity index (χ3v) is 6.64. The highest BCUT2D eigenvalue weighted by Gasteiger charge is 2.52. The Morgan fingerprint density at radius 3 is 3.08 bits per heavy atom. The molecule has 0 spiro atoms. The molecule has 0 bridgehead atoms. The number of hydrogen-bond acceptors (Lipinski definition) is 4. The van der Waals surface area contributed by atoms with E-state index in [1.807, 2.05) is 12.1 Å². The Kier molecular flexibility index (Phi) is 4.26. The summed E-state index contributed by atoms with van der Waals surface area (Å²) in [5.41, 5.74) is 2.32.